The largest absolute Gasteiger partial charge is 0.632 e. The van der Waals surface area contributed by atoms with E-state index >= 15 is 0 Å². The fourth-order valence-corrected chi connectivity index (χ4v) is 4.98. The van der Waals surface area contributed by atoms with E-state index in [-0.39, 0.29) is 22.6 Å². The Morgan fingerprint density at radius 2 is 1.64 bits per heavy atom. The first kappa shape index (κ1) is 19.2. The lowest BCUT2D eigenvalue weighted by Gasteiger charge is -2.56. The molecule has 1 aliphatic heterocycles. The Balaban J connectivity index is 1.60. The van der Waals surface area contributed by atoms with Crippen LogP contribution in [0.1, 0.15) is 61.8 Å². The second-order valence-electron chi connectivity index (χ2n) is 8.43. The van der Waals surface area contributed by atoms with Crippen molar-refractivity contribution in [3.05, 3.63) is 76.5 Å². The highest BCUT2D eigenvalue weighted by molar-refractivity contribution is 5.81. The van der Waals surface area contributed by atoms with Crippen LogP contribution in [0.15, 0.2) is 54.6 Å². The van der Waals surface area contributed by atoms with E-state index in [1.165, 1.54) is 6.42 Å². The molecule has 0 radical (unpaired) electrons. The van der Waals surface area contributed by atoms with Gasteiger partial charge in [0, 0.05) is 12.0 Å². The number of fused-ring (bicyclic) bond motifs is 1. The molecule has 0 aromatic heterocycles. The maximum atomic E-state index is 14.2. The number of nitrogens with one attached hydrogen (secondary N) is 1. The Kier molecular flexibility index (Phi) is 5.51. The molecule has 148 valence electrons. The Morgan fingerprint density at radius 3 is 2.36 bits per heavy atom. The lowest BCUT2D eigenvalue weighted by Crippen LogP contribution is -2.64. The number of hydrogen-bond acceptors (Lipinski definition) is 2. The van der Waals surface area contributed by atoms with E-state index in [0.29, 0.717) is 13.0 Å². The SMILES string of the molecule is C[C@H](NC(=O)[C@@H]1Cc2ccccc2C[N@@+]1([O-])C1CCCCC1)c1ccccc1. The van der Waals surface area contributed by atoms with Gasteiger partial charge in [-0.3, -0.25) is 4.79 Å². The summed E-state index contributed by atoms with van der Waals surface area (Å²) in [6.07, 6.45) is 5.80. The van der Waals surface area contributed by atoms with Gasteiger partial charge in [-0.2, -0.15) is 0 Å². The zero-order valence-electron chi connectivity index (χ0n) is 16.6. The van der Waals surface area contributed by atoms with Crippen molar-refractivity contribution in [2.75, 3.05) is 0 Å². The summed E-state index contributed by atoms with van der Waals surface area (Å²) in [6.45, 7) is 2.41. The van der Waals surface area contributed by atoms with Gasteiger partial charge in [0.15, 0.2) is 6.04 Å². The van der Waals surface area contributed by atoms with Gasteiger partial charge >= 0.3 is 0 Å². The molecule has 2 aromatic carbocycles. The summed E-state index contributed by atoms with van der Waals surface area (Å²) in [7, 11) is 0. The lowest BCUT2D eigenvalue weighted by atomic mass is 9.86. The number of rotatable bonds is 4. The fourth-order valence-electron chi connectivity index (χ4n) is 4.98. The minimum absolute atomic E-state index is 0.0323. The summed E-state index contributed by atoms with van der Waals surface area (Å²) in [5.41, 5.74) is 3.33. The quantitative estimate of drug-likeness (QED) is 0.623. The van der Waals surface area contributed by atoms with E-state index in [2.05, 4.69) is 17.4 Å². The number of quaternary nitrogens is 1. The molecular weight excluding hydrogens is 348 g/mol. The van der Waals surface area contributed by atoms with Crippen molar-refractivity contribution >= 4 is 5.91 Å². The van der Waals surface area contributed by atoms with Gasteiger partial charge < -0.3 is 15.2 Å². The van der Waals surface area contributed by atoms with Crippen LogP contribution in [0.4, 0.5) is 0 Å². The molecule has 1 fully saturated rings. The summed E-state index contributed by atoms with van der Waals surface area (Å²) in [5.74, 6) is -0.105. The smallest absolute Gasteiger partial charge is 0.279 e. The Hall–Kier alpha value is -2.17. The van der Waals surface area contributed by atoms with Crippen LogP contribution in [-0.2, 0) is 17.8 Å². The molecule has 1 amide bonds. The average molecular weight is 379 g/mol. The van der Waals surface area contributed by atoms with Crippen molar-refractivity contribution in [3.8, 4) is 0 Å². The molecule has 28 heavy (non-hydrogen) atoms. The number of benzene rings is 2. The predicted octanol–water partition coefficient (Wildman–Crippen LogP) is 4.64. The monoisotopic (exact) mass is 378 g/mol. The number of carbonyl (C=O) groups excluding carboxylic acids is 1. The summed E-state index contributed by atoms with van der Waals surface area (Å²) in [4.78, 5) is 13.3. The minimum Gasteiger partial charge on any atom is -0.632 e. The molecular formula is C24H30N2O2. The molecule has 0 unspecified atom stereocenters. The molecule has 0 bridgehead atoms. The number of amides is 1. The van der Waals surface area contributed by atoms with Crippen LogP contribution in [0.2, 0.25) is 0 Å². The second-order valence-corrected chi connectivity index (χ2v) is 8.43. The zero-order chi connectivity index (χ0) is 19.6. The maximum Gasteiger partial charge on any atom is 0.279 e. The predicted molar refractivity (Wildman–Crippen MR) is 111 cm³/mol. The molecule has 1 heterocycles. The molecule has 4 heteroatoms. The normalized spacial score (nSPS) is 26.3. The van der Waals surface area contributed by atoms with Crippen molar-refractivity contribution in [1.82, 2.24) is 5.32 Å². The van der Waals surface area contributed by atoms with Gasteiger partial charge in [-0.05, 0) is 43.7 Å². The lowest BCUT2D eigenvalue weighted by molar-refractivity contribution is -0.936. The molecule has 2 aromatic rings. The summed E-state index contributed by atoms with van der Waals surface area (Å²) in [5, 5.41) is 17.3. The van der Waals surface area contributed by atoms with Crippen molar-refractivity contribution in [1.29, 1.82) is 0 Å². The molecule has 1 aliphatic carbocycles. The van der Waals surface area contributed by atoms with E-state index in [1.807, 2.05) is 49.4 Å². The molecule has 0 saturated heterocycles. The van der Waals surface area contributed by atoms with Crippen molar-refractivity contribution in [2.45, 2.75) is 70.1 Å². The highest BCUT2D eigenvalue weighted by Crippen LogP contribution is 2.37. The molecule has 4 rings (SSSR count). The van der Waals surface area contributed by atoms with Gasteiger partial charge in [-0.1, -0.05) is 61.0 Å². The van der Waals surface area contributed by atoms with Crippen molar-refractivity contribution in [3.63, 3.8) is 0 Å². The number of hydrogen-bond donors (Lipinski definition) is 1. The van der Waals surface area contributed by atoms with Crippen LogP contribution < -0.4 is 5.32 Å². The number of nitrogens with zero attached hydrogens (tertiary/aromatic N) is 1. The molecule has 4 nitrogen and oxygen atoms in total. The molecule has 0 spiro atoms. The summed E-state index contributed by atoms with van der Waals surface area (Å²) < 4.78 is -0.385. The van der Waals surface area contributed by atoms with Crippen molar-refractivity contribution < 1.29 is 9.44 Å². The van der Waals surface area contributed by atoms with E-state index in [0.717, 1.165) is 42.4 Å². The van der Waals surface area contributed by atoms with Crippen LogP contribution in [0, 0.1) is 5.21 Å². The van der Waals surface area contributed by atoms with Crippen LogP contribution in [0.3, 0.4) is 0 Å². The topological polar surface area (TPSA) is 52.2 Å². The first-order valence-electron chi connectivity index (χ1n) is 10.6. The van der Waals surface area contributed by atoms with Crippen LogP contribution in [-0.4, -0.2) is 22.6 Å². The maximum absolute atomic E-state index is 14.2. The van der Waals surface area contributed by atoms with Gasteiger partial charge in [0.1, 0.15) is 6.54 Å². The standard InChI is InChI=1S/C24H30N2O2/c1-18(19-10-4-2-5-11-19)25-24(27)23-16-20-12-8-9-13-21(20)17-26(23,28)22-14-6-3-7-15-22/h2,4-5,8-13,18,22-23H,3,6-7,14-17H2,1H3,(H,25,27)/t18-,23-,26+/m0/s1. The van der Waals surface area contributed by atoms with E-state index in [9.17, 15) is 10.0 Å². The van der Waals surface area contributed by atoms with E-state index in [4.69, 9.17) is 0 Å². The Bertz CT molecular complexity index is 816. The number of carbonyl (C=O) groups is 1. The Morgan fingerprint density at radius 1 is 1.00 bits per heavy atom. The van der Waals surface area contributed by atoms with Gasteiger partial charge in [0.2, 0.25) is 0 Å². The summed E-state index contributed by atoms with van der Waals surface area (Å²) in [6, 6.07) is 17.5. The third-order valence-electron chi connectivity index (χ3n) is 6.63. The van der Waals surface area contributed by atoms with Gasteiger partial charge in [0.25, 0.3) is 5.91 Å². The summed E-state index contributed by atoms with van der Waals surface area (Å²) >= 11 is 0. The van der Waals surface area contributed by atoms with E-state index < -0.39 is 6.04 Å². The number of hydroxylamine groups is 3. The molecule has 2 aliphatic rings. The van der Waals surface area contributed by atoms with Crippen LogP contribution >= 0.6 is 0 Å². The Labute approximate surface area is 167 Å². The van der Waals surface area contributed by atoms with Crippen LogP contribution in [0.5, 0.6) is 0 Å². The fraction of sp³-hybridized carbons (Fsp3) is 0.458. The first-order valence-corrected chi connectivity index (χ1v) is 10.6. The second kappa shape index (κ2) is 8.06. The van der Waals surface area contributed by atoms with Gasteiger partial charge in [-0.25, -0.2) is 0 Å². The van der Waals surface area contributed by atoms with Gasteiger partial charge in [-0.15, -0.1) is 0 Å². The molecule has 3 atom stereocenters. The molecule has 1 N–H and O–H groups in total. The van der Waals surface area contributed by atoms with E-state index in [1.54, 1.807) is 0 Å². The minimum atomic E-state index is -0.566. The van der Waals surface area contributed by atoms with Gasteiger partial charge in [0.05, 0.1) is 12.1 Å². The third-order valence-corrected chi connectivity index (χ3v) is 6.63. The van der Waals surface area contributed by atoms with Crippen molar-refractivity contribution in [2.24, 2.45) is 0 Å². The first-order chi connectivity index (χ1) is 13.6. The zero-order valence-corrected chi connectivity index (χ0v) is 16.6. The molecule has 1 saturated carbocycles. The highest BCUT2D eigenvalue weighted by Gasteiger charge is 2.45. The third kappa shape index (κ3) is 3.71. The highest BCUT2D eigenvalue weighted by atomic mass is 16.6. The average Bonchev–Trinajstić information content (AvgIpc) is 2.74. The van der Waals surface area contributed by atoms with Crippen LogP contribution in [0.25, 0.3) is 0 Å².